The summed E-state index contributed by atoms with van der Waals surface area (Å²) in [6.45, 7) is 0. The van der Waals surface area contributed by atoms with E-state index in [1.807, 2.05) is 0 Å². The molecule has 0 spiro atoms. The SMILES string of the molecule is Fc1cc(Cl)ccc1CC1(CCl)CC2CC2C1. The zero-order valence-corrected chi connectivity index (χ0v) is 11.1. The molecular weight excluding hydrogens is 258 g/mol. The summed E-state index contributed by atoms with van der Waals surface area (Å²) in [7, 11) is 0. The van der Waals surface area contributed by atoms with Gasteiger partial charge < -0.3 is 0 Å². The lowest BCUT2D eigenvalue weighted by atomic mass is 9.79. The molecule has 2 fully saturated rings. The molecule has 1 aromatic carbocycles. The number of hydrogen-bond donors (Lipinski definition) is 0. The minimum Gasteiger partial charge on any atom is -0.207 e. The standard InChI is InChI=1S/C14H15Cl2F/c15-8-14(6-10-3-11(10)7-14)5-9-1-2-12(16)4-13(9)17/h1-2,4,10-11H,3,5-8H2. The van der Waals surface area contributed by atoms with E-state index in [0.29, 0.717) is 10.9 Å². The summed E-state index contributed by atoms with van der Waals surface area (Å²) in [5, 5.41) is 0.459. The first-order valence-corrected chi connectivity index (χ1v) is 7.03. The molecule has 2 saturated carbocycles. The zero-order chi connectivity index (χ0) is 12.0. The number of hydrogen-bond acceptors (Lipinski definition) is 0. The van der Waals surface area contributed by atoms with Gasteiger partial charge >= 0.3 is 0 Å². The maximum Gasteiger partial charge on any atom is 0.127 e. The number of rotatable bonds is 3. The summed E-state index contributed by atoms with van der Waals surface area (Å²) >= 11 is 11.9. The van der Waals surface area contributed by atoms with Gasteiger partial charge in [-0.15, -0.1) is 11.6 Å². The average Bonchev–Trinajstić information content (AvgIpc) is 2.91. The van der Waals surface area contributed by atoms with E-state index in [-0.39, 0.29) is 11.2 Å². The van der Waals surface area contributed by atoms with Crippen LogP contribution in [-0.2, 0) is 6.42 Å². The molecule has 2 aliphatic carbocycles. The minimum absolute atomic E-state index is 0.129. The highest BCUT2D eigenvalue weighted by atomic mass is 35.5. The van der Waals surface area contributed by atoms with Crippen molar-refractivity contribution in [1.82, 2.24) is 0 Å². The van der Waals surface area contributed by atoms with Crippen LogP contribution in [0.1, 0.15) is 24.8 Å². The summed E-state index contributed by atoms with van der Waals surface area (Å²) in [5.74, 6) is 2.18. The van der Waals surface area contributed by atoms with Gasteiger partial charge in [-0.3, -0.25) is 0 Å². The van der Waals surface area contributed by atoms with E-state index in [4.69, 9.17) is 23.2 Å². The van der Waals surface area contributed by atoms with Crippen molar-refractivity contribution < 1.29 is 4.39 Å². The van der Waals surface area contributed by atoms with Crippen LogP contribution in [0.25, 0.3) is 0 Å². The van der Waals surface area contributed by atoms with Crippen LogP contribution >= 0.6 is 23.2 Å². The van der Waals surface area contributed by atoms with Gasteiger partial charge in [0.2, 0.25) is 0 Å². The fourth-order valence-corrected chi connectivity index (χ4v) is 3.85. The van der Waals surface area contributed by atoms with Gasteiger partial charge in [-0.05, 0) is 60.6 Å². The third-order valence-electron chi connectivity index (χ3n) is 4.32. The molecule has 3 rings (SSSR count). The van der Waals surface area contributed by atoms with Gasteiger partial charge in [0.25, 0.3) is 0 Å². The fourth-order valence-electron chi connectivity index (χ4n) is 3.38. The lowest BCUT2D eigenvalue weighted by Gasteiger charge is -2.28. The first-order chi connectivity index (χ1) is 8.12. The van der Waals surface area contributed by atoms with Crippen molar-refractivity contribution in [3.63, 3.8) is 0 Å². The third-order valence-corrected chi connectivity index (χ3v) is 5.13. The molecule has 2 atom stereocenters. The van der Waals surface area contributed by atoms with Crippen molar-refractivity contribution in [1.29, 1.82) is 0 Å². The normalized spacial score (nSPS) is 34.8. The molecule has 0 saturated heterocycles. The van der Waals surface area contributed by atoms with Gasteiger partial charge in [-0.1, -0.05) is 17.7 Å². The van der Waals surface area contributed by atoms with E-state index in [1.54, 1.807) is 12.1 Å². The Morgan fingerprint density at radius 1 is 1.29 bits per heavy atom. The Morgan fingerprint density at radius 2 is 2.00 bits per heavy atom. The molecule has 92 valence electrons. The highest BCUT2D eigenvalue weighted by molar-refractivity contribution is 6.30. The van der Waals surface area contributed by atoms with E-state index < -0.39 is 0 Å². The summed E-state index contributed by atoms with van der Waals surface area (Å²) in [5.41, 5.74) is 0.889. The highest BCUT2D eigenvalue weighted by Gasteiger charge is 2.53. The number of halogens is 3. The monoisotopic (exact) mass is 272 g/mol. The second kappa shape index (κ2) is 4.13. The molecule has 0 amide bonds. The molecule has 0 nitrogen and oxygen atoms in total. The van der Waals surface area contributed by atoms with Crippen molar-refractivity contribution in [2.45, 2.75) is 25.7 Å². The summed E-state index contributed by atoms with van der Waals surface area (Å²) < 4.78 is 13.8. The second-order valence-electron chi connectivity index (χ2n) is 5.71. The Bertz CT molecular complexity index is 434. The first-order valence-electron chi connectivity index (χ1n) is 6.12. The molecular formula is C14H15Cl2F. The van der Waals surface area contributed by atoms with Crippen LogP contribution in [0.3, 0.4) is 0 Å². The second-order valence-corrected chi connectivity index (χ2v) is 6.41. The van der Waals surface area contributed by atoms with Gasteiger partial charge in [0.1, 0.15) is 5.82 Å². The van der Waals surface area contributed by atoms with Crippen LogP contribution in [0.4, 0.5) is 4.39 Å². The molecule has 0 bridgehead atoms. The van der Waals surface area contributed by atoms with Crippen LogP contribution in [-0.4, -0.2) is 5.88 Å². The first kappa shape index (κ1) is 11.8. The number of benzene rings is 1. The Labute approximate surface area is 111 Å². The zero-order valence-electron chi connectivity index (χ0n) is 9.56. The lowest BCUT2D eigenvalue weighted by molar-refractivity contribution is 0.299. The number of alkyl halides is 1. The Balaban J connectivity index is 1.81. The molecule has 1 aromatic rings. The van der Waals surface area contributed by atoms with E-state index in [2.05, 4.69) is 0 Å². The van der Waals surface area contributed by atoms with Crippen LogP contribution in [0.2, 0.25) is 5.02 Å². The van der Waals surface area contributed by atoms with Gasteiger partial charge in [0, 0.05) is 10.9 Å². The molecule has 0 N–H and O–H groups in total. The minimum atomic E-state index is -0.192. The molecule has 0 radical (unpaired) electrons. The summed E-state index contributed by atoms with van der Waals surface area (Å²) in [6, 6.07) is 4.96. The van der Waals surface area contributed by atoms with Crippen molar-refractivity contribution in [2.75, 3.05) is 5.88 Å². The summed E-state index contributed by atoms with van der Waals surface area (Å²) in [6.07, 6.45) is 4.46. The molecule has 2 aliphatic rings. The van der Waals surface area contributed by atoms with Crippen molar-refractivity contribution in [3.8, 4) is 0 Å². The van der Waals surface area contributed by atoms with E-state index in [9.17, 15) is 4.39 Å². The Hall–Kier alpha value is -0.270. The predicted octanol–water partition coefficient (Wildman–Crippen LogP) is 4.68. The smallest absolute Gasteiger partial charge is 0.127 e. The largest absolute Gasteiger partial charge is 0.207 e. The Kier molecular flexibility index (Phi) is 2.87. The van der Waals surface area contributed by atoms with Gasteiger partial charge in [0.05, 0.1) is 0 Å². The van der Waals surface area contributed by atoms with Crippen molar-refractivity contribution >= 4 is 23.2 Å². The predicted molar refractivity (Wildman–Crippen MR) is 69.1 cm³/mol. The van der Waals surface area contributed by atoms with Crippen LogP contribution in [0, 0.1) is 23.1 Å². The van der Waals surface area contributed by atoms with E-state index in [0.717, 1.165) is 23.8 Å². The molecule has 2 unspecified atom stereocenters. The van der Waals surface area contributed by atoms with Crippen molar-refractivity contribution in [3.05, 3.63) is 34.6 Å². The molecule has 0 aromatic heterocycles. The molecule has 0 aliphatic heterocycles. The van der Waals surface area contributed by atoms with Gasteiger partial charge in [-0.2, -0.15) is 0 Å². The molecule has 3 heteroatoms. The third kappa shape index (κ3) is 2.20. The maximum atomic E-state index is 13.8. The van der Waals surface area contributed by atoms with Gasteiger partial charge in [0.15, 0.2) is 0 Å². The molecule has 0 heterocycles. The molecule has 17 heavy (non-hydrogen) atoms. The van der Waals surface area contributed by atoms with Gasteiger partial charge in [-0.25, -0.2) is 4.39 Å². The maximum absolute atomic E-state index is 13.8. The van der Waals surface area contributed by atoms with E-state index >= 15 is 0 Å². The topological polar surface area (TPSA) is 0 Å². The highest BCUT2D eigenvalue weighted by Crippen LogP contribution is 2.61. The van der Waals surface area contributed by atoms with Crippen LogP contribution in [0.15, 0.2) is 18.2 Å². The van der Waals surface area contributed by atoms with Crippen molar-refractivity contribution in [2.24, 2.45) is 17.3 Å². The number of fused-ring (bicyclic) bond motifs is 1. The lowest BCUT2D eigenvalue weighted by Crippen LogP contribution is -2.24. The average molecular weight is 273 g/mol. The van der Waals surface area contributed by atoms with Crippen LogP contribution in [0.5, 0.6) is 0 Å². The summed E-state index contributed by atoms with van der Waals surface area (Å²) in [4.78, 5) is 0. The van der Waals surface area contributed by atoms with Crippen LogP contribution < -0.4 is 0 Å². The quantitative estimate of drug-likeness (QED) is 0.701. The van der Waals surface area contributed by atoms with E-state index in [1.165, 1.54) is 25.3 Å². The Morgan fingerprint density at radius 3 is 2.59 bits per heavy atom. The fraction of sp³-hybridized carbons (Fsp3) is 0.571.